The Morgan fingerprint density at radius 1 is 1.58 bits per heavy atom. The van der Waals surface area contributed by atoms with Gasteiger partial charge in [-0.25, -0.2) is 10.4 Å². The van der Waals surface area contributed by atoms with Gasteiger partial charge in [-0.15, -0.1) is 0 Å². The van der Waals surface area contributed by atoms with Gasteiger partial charge in [0.15, 0.2) is 0 Å². The molecule has 1 rings (SSSR count). The van der Waals surface area contributed by atoms with Crippen LogP contribution in [0.25, 0.3) is 0 Å². The van der Waals surface area contributed by atoms with Gasteiger partial charge in [0.25, 0.3) is 0 Å². The van der Waals surface area contributed by atoms with Gasteiger partial charge in [-0.1, -0.05) is 6.92 Å². The number of β-amino-alcohol motifs (C(OH)–C–C–N with tert-alkyl or cyclic N) is 1. The van der Waals surface area contributed by atoms with E-state index in [1.165, 1.54) is 0 Å². The van der Waals surface area contributed by atoms with Crippen molar-refractivity contribution < 1.29 is 5.11 Å². The molecule has 0 aromatic rings. The maximum Gasteiger partial charge on any atom is 0.0847 e. The first kappa shape index (κ1) is 9.96. The van der Waals surface area contributed by atoms with Crippen molar-refractivity contribution in [2.75, 3.05) is 6.54 Å². The fourth-order valence-corrected chi connectivity index (χ4v) is 1.21. The quantitative estimate of drug-likeness (QED) is 0.659. The lowest BCUT2D eigenvalue weighted by molar-refractivity contribution is -0.101. The molecule has 0 bridgehead atoms. The monoisotopic (exact) mass is 172 g/mol. The van der Waals surface area contributed by atoms with Crippen molar-refractivity contribution in [3.63, 3.8) is 0 Å². The molecule has 0 aliphatic carbocycles. The number of hydrogen-bond donors (Lipinski definition) is 2. The van der Waals surface area contributed by atoms with Crippen LogP contribution in [0.15, 0.2) is 0 Å². The first-order chi connectivity index (χ1) is 5.46. The Hall–Kier alpha value is -0.120. The van der Waals surface area contributed by atoms with Crippen molar-refractivity contribution >= 4 is 0 Å². The maximum absolute atomic E-state index is 9.27. The van der Waals surface area contributed by atoms with Gasteiger partial charge < -0.3 is 5.11 Å². The van der Waals surface area contributed by atoms with E-state index in [0.717, 1.165) is 13.0 Å². The lowest BCUT2D eigenvalue weighted by atomic mass is 10.0. The number of aliphatic hydroxyl groups excluding tert-OH is 1. The summed E-state index contributed by atoms with van der Waals surface area (Å²) in [7, 11) is 0. The van der Waals surface area contributed by atoms with Crippen LogP contribution in [0.4, 0.5) is 0 Å². The molecule has 0 amide bonds. The largest absolute Gasteiger partial charge is 0.390 e. The lowest BCUT2D eigenvalue weighted by Crippen LogP contribution is -2.67. The van der Waals surface area contributed by atoms with Crippen LogP contribution in [0.2, 0.25) is 0 Å². The Labute approximate surface area is 74.7 Å². The van der Waals surface area contributed by atoms with Crippen LogP contribution < -0.4 is 5.43 Å². The van der Waals surface area contributed by atoms with Crippen LogP contribution in [0.3, 0.4) is 0 Å². The molecule has 1 fully saturated rings. The van der Waals surface area contributed by atoms with E-state index in [1.807, 2.05) is 6.92 Å². The summed E-state index contributed by atoms with van der Waals surface area (Å²) in [5.74, 6) is 0. The molecule has 1 heterocycles. The van der Waals surface area contributed by atoms with Gasteiger partial charge in [0.1, 0.15) is 0 Å². The molecular formula is C9H20N2O. The number of hydrogen-bond acceptors (Lipinski definition) is 3. The number of nitrogens with zero attached hydrogens (tertiary/aromatic N) is 1. The average Bonchev–Trinajstić information content (AvgIpc) is 2.03. The van der Waals surface area contributed by atoms with Crippen molar-refractivity contribution in [1.82, 2.24) is 10.4 Å². The summed E-state index contributed by atoms with van der Waals surface area (Å²) in [5.41, 5.74) is 3.54. The fraction of sp³-hybridized carbons (Fsp3) is 1.00. The van der Waals surface area contributed by atoms with Crippen molar-refractivity contribution in [3.8, 4) is 0 Å². The zero-order chi connectivity index (χ0) is 9.35. The number of rotatable bonds is 3. The van der Waals surface area contributed by atoms with Crippen LogP contribution in [-0.4, -0.2) is 34.3 Å². The Bertz CT molecular complexity index is 159. The van der Waals surface area contributed by atoms with E-state index in [2.05, 4.69) is 31.2 Å². The van der Waals surface area contributed by atoms with Crippen LogP contribution in [-0.2, 0) is 0 Å². The Morgan fingerprint density at radius 2 is 2.17 bits per heavy atom. The summed E-state index contributed by atoms with van der Waals surface area (Å²) in [4.78, 5) is 0. The minimum Gasteiger partial charge on any atom is -0.390 e. The Kier molecular flexibility index (Phi) is 2.76. The molecular weight excluding hydrogens is 152 g/mol. The number of aliphatic hydroxyl groups is 1. The molecule has 0 spiro atoms. The van der Waals surface area contributed by atoms with E-state index in [-0.39, 0.29) is 17.7 Å². The predicted molar refractivity (Wildman–Crippen MR) is 49.7 cm³/mol. The van der Waals surface area contributed by atoms with Crippen LogP contribution in [0.1, 0.15) is 34.1 Å². The zero-order valence-electron chi connectivity index (χ0n) is 8.46. The summed E-state index contributed by atoms with van der Waals surface area (Å²) in [6.45, 7) is 9.29. The molecule has 72 valence electrons. The second kappa shape index (κ2) is 3.32. The predicted octanol–water partition coefficient (Wildman–Crippen LogP) is 0.745. The fourth-order valence-electron chi connectivity index (χ4n) is 1.21. The summed E-state index contributed by atoms with van der Waals surface area (Å²) < 4.78 is 0. The highest BCUT2D eigenvalue weighted by molar-refractivity contribution is 4.88. The van der Waals surface area contributed by atoms with Gasteiger partial charge in [-0.2, -0.15) is 0 Å². The van der Waals surface area contributed by atoms with Crippen LogP contribution in [0.5, 0.6) is 0 Å². The van der Waals surface area contributed by atoms with Gasteiger partial charge in [-0.05, 0) is 27.2 Å². The van der Waals surface area contributed by atoms with Gasteiger partial charge in [0.2, 0.25) is 0 Å². The molecule has 2 unspecified atom stereocenters. The minimum absolute atomic E-state index is 0.147. The second-order valence-electron chi connectivity index (χ2n) is 4.31. The SMILES string of the molecule is CCC(C)(C)NN1CC(O)C1C. The molecule has 0 radical (unpaired) electrons. The highest BCUT2D eigenvalue weighted by Crippen LogP contribution is 2.18. The zero-order valence-corrected chi connectivity index (χ0v) is 8.46. The van der Waals surface area contributed by atoms with E-state index in [0.29, 0.717) is 0 Å². The molecule has 3 nitrogen and oxygen atoms in total. The standard InChI is InChI=1S/C9H20N2O/c1-5-9(3,4)10-11-6-8(12)7(11)2/h7-8,10,12H,5-6H2,1-4H3. The van der Waals surface area contributed by atoms with Gasteiger partial charge in [0, 0.05) is 18.1 Å². The van der Waals surface area contributed by atoms with Crippen molar-refractivity contribution in [1.29, 1.82) is 0 Å². The molecule has 0 aromatic heterocycles. The average molecular weight is 172 g/mol. The number of nitrogens with one attached hydrogen (secondary N) is 1. The van der Waals surface area contributed by atoms with E-state index < -0.39 is 0 Å². The van der Waals surface area contributed by atoms with E-state index in [9.17, 15) is 5.11 Å². The summed E-state index contributed by atoms with van der Waals surface area (Å²) in [6, 6.07) is 0.260. The third-order valence-electron chi connectivity index (χ3n) is 2.76. The third-order valence-corrected chi connectivity index (χ3v) is 2.76. The molecule has 0 saturated carbocycles. The first-order valence-corrected chi connectivity index (χ1v) is 4.69. The topological polar surface area (TPSA) is 35.5 Å². The molecule has 3 heteroatoms. The van der Waals surface area contributed by atoms with Crippen LogP contribution >= 0.6 is 0 Å². The van der Waals surface area contributed by atoms with Crippen molar-refractivity contribution in [3.05, 3.63) is 0 Å². The Morgan fingerprint density at radius 3 is 2.50 bits per heavy atom. The van der Waals surface area contributed by atoms with E-state index in [4.69, 9.17) is 0 Å². The summed E-state index contributed by atoms with van der Waals surface area (Å²) >= 11 is 0. The summed E-state index contributed by atoms with van der Waals surface area (Å²) in [5, 5.41) is 11.4. The van der Waals surface area contributed by atoms with Gasteiger partial charge >= 0.3 is 0 Å². The molecule has 0 aromatic carbocycles. The maximum atomic E-state index is 9.27. The highest BCUT2D eigenvalue weighted by Gasteiger charge is 2.36. The van der Waals surface area contributed by atoms with E-state index >= 15 is 0 Å². The highest BCUT2D eigenvalue weighted by atomic mass is 16.3. The third kappa shape index (κ3) is 1.97. The molecule has 2 N–H and O–H groups in total. The number of hydrazine groups is 1. The van der Waals surface area contributed by atoms with E-state index in [1.54, 1.807) is 0 Å². The van der Waals surface area contributed by atoms with Crippen LogP contribution in [0, 0.1) is 0 Å². The van der Waals surface area contributed by atoms with Gasteiger partial charge in [-0.3, -0.25) is 0 Å². The molecule has 1 aliphatic heterocycles. The second-order valence-corrected chi connectivity index (χ2v) is 4.31. The molecule has 2 atom stereocenters. The first-order valence-electron chi connectivity index (χ1n) is 4.69. The van der Waals surface area contributed by atoms with Gasteiger partial charge in [0.05, 0.1) is 6.10 Å². The Balaban J connectivity index is 2.34. The summed E-state index contributed by atoms with van der Waals surface area (Å²) in [6.07, 6.45) is 0.942. The minimum atomic E-state index is -0.148. The molecule has 1 aliphatic rings. The lowest BCUT2D eigenvalue weighted by Gasteiger charge is -2.47. The smallest absolute Gasteiger partial charge is 0.0847 e. The molecule has 12 heavy (non-hydrogen) atoms. The normalized spacial score (nSPS) is 31.8. The van der Waals surface area contributed by atoms with Crippen molar-refractivity contribution in [2.24, 2.45) is 0 Å². The molecule has 1 saturated heterocycles. The van der Waals surface area contributed by atoms with Crippen molar-refractivity contribution in [2.45, 2.75) is 51.8 Å².